The molecule has 0 aromatic heterocycles. The smallest absolute Gasteiger partial charge is 0.0160 e. The summed E-state index contributed by atoms with van der Waals surface area (Å²) in [6, 6.07) is 0. The van der Waals surface area contributed by atoms with E-state index in [9.17, 15) is 0 Å². The zero-order chi connectivity index (χ0) is 10.5. The van der Waals surface area contributed by atoms with Crippen LogP contribution in [0.3, 0.4) is 0 Å². The van der Waals surface area contributed by atoms with Crippen molar-refractivity contribution >= 4 is 0 Å². The Hall–Kier alpha value is -0.520. The molecule has 0 spiro atoms. The summed E-state index contributed by atoms with van der Waals surface area (Å²) in [7, 11) is 0. The zero-order valence-electron chi connectivity index (χ0n) is 10.00. The molecule has 4 rings (SSSR count). The van der Waals surface area contributed by atoms with Crippen molar-refractivity contribution in [3.63, 3.8) is 0 Å². The van der Waals surface area contributed by atoms with Crippen LogP contribution in [0.2, 0.25) is 0 Å². The highest BCUT2D eigenvalue weighted by atomic mass is 14.6. The minimum Gasteiger partial charge on any atom is -0.0805 e. The van der Waals surface area contributed by atoms with Crippen LogP contribution >= 0.6 is 0 Å². The van der Waals surface area contributed by atoms with Gasteiger partial charge in [0.1, 0.15) is 0 Å². The van der Waals surface area contributed by atoms with E-state index in [0.29, 0.717) is 5.41 Å². The third-order valence-corrected chi connectivity index (χ3v) is 5.35. The van der Waals surface area contributed by atoms with Crippen LogP contribution in [0.5, 0.6) is 0 Å². The van der Waals surface area contributed by atoms with Gasteiger partial charge in [0.2, 0.25) is 0 Å². The minimum absolute atomic E-state index is 0.659. The largest absolute Gasteiger partial charge is 0.0805 e. The first-order valence-corrected chi connectivity index (χ1v) is 6.53. The highest BCUT2D eigenvalue weighted by Crippen LogP contribution is 2.62. The maximum Gasteiger partial charge on any atom is -0.0160 e. The number of allylic oxidation sites excluding steroid dienone is 4. The van der Waals surface area contributed by atoms with Gasteiger partial charge in [-0.2, -0.15) is 0 Å². The second-order valence-electron chi connectivity index (χ2n) is 6.32. The van der Waals surface area contributed by atoms with Gasteiger partial charge in [0, 0.05) is 0 Å². The molecule has 0 saturated heterocycles. The summed E-state index contributed by atoms with van der Waals surface area (Å²) in [4.78, 5) is 0. The maximum atomic E-state index is 2.50. The molecule has 0 aromatic rings. The Balaban J connectivity index is 1.69. The number of rotatable bonds is 2. The molecule has 3 saturated carbocycles. The van der Waals surface area contributed by atoms with Crippen molar-refractivity contribution in [1.82, 2.24) is 0 Å². The van der Waals surface area contributed by atoms with Crippen LogP contribution in [0.4, 0.5) is 0 Å². The fourth-order valence-electron chi connectivity index (χ4n) is 4.17. The molecule has 0 aromatic carbocycles. The van der Waals surface area contributed by atoms with Gasteiger partial charge < -0.3 is 0 Å². The number of fused-ring (bicyclic) bond motifs is 2. The third kappa shape index (κ3) is 1.41. The van der Waals surface area contributed by atoms with Crippen molar-refractivity contribution in [2.24, 2.45) is 23.2 Å². The van der Waals surface area contributed by atoms with E-state index in [1.807, 2.05) is 0 Å². The Kier molecular flexibility index (Phi) is 2.09. The van der Waals surface area contributed by atoms with Crippen LogP contribution in [0.15, 0.2) is 23.8 Å². The summed E-state index contributed by atoms with van der Waals surface area (Å²) in [5.74, 6) is 3.05. The highest BCUT2D eigenvalue weighted by Gasteiger charge is 2.53. The second-order valence-corrected chi connectivity index (χ2v) is 6.32. The van der Waals surface area contributed by atoms with Crippen LogP contribution in [-0.2, 0) is 0 Å². The highest BCUT2D eigenvalue weighted by molar-refractivity contribution is 5.27. The molecule has 15 heavy (non-hydrogen) atoms. The predicted octanol–water partition coefficient (Wildman–Crippen LogP) is 4.34. The van der Waals surface area contributed by atoms with Crippen LogP contribution in [0, 0.1) is 23.2 Å². The lowest BCUT2D eigenvalue weighted by molar-refractivity contribution is -0.104. The van der Waals surface area contributed by atoms with Gasteiger partial charge in [-0.15, -0.1) is 0 Å². The lowest BCUT2D eigenvalue weighted by Crippen LogP contribution is -2.52. The van der Waals surface area contributed by atoms with Crippen molar-refractivity contribution in [2.45, 2.75) is 46.0 Å². The quantitative estimate of drug-likeness (QED) is 0.625. The number of hydrogen-bond donors (Lipinski definition) is 0. The van der Waals surface area contributed by atoms with E-state index in [1.54, 1.807) is 5.57 Å². The molecule has 0 amide bonds. The SMILES string of the molecule is CC1(C)[C@H]2CCC(CC3=CCC=C3)[C@@H]1C2. The Bertz CT molecular complexity index is 317. The molecule has 2 bridgehead atoms. The Morgan fingerprint density at radius 3 is 2.80 bits per heavy atom. The molecule has 3 atom stereocenters. The van der Waals surface area contributed by atoms with Gasteiger partial charge in [-0.3, -0.25) is 0 Å². The van der Waals surface area contributed by atoms with E-state index in [-0.39, 0.29) is 0 Å². The van der Waals surface area contributed by atoms with Gasteiger partial charge in [0.05, 0.1) is 0 Å². The van der Waals surface area contributed by atoms with E-state index in [4.69, 9.17) is 0 Å². The van der Waals surface area contributed by atoms with Crippen molar-refractivity contribution in [3.05, 3.63) is 23.8 Å². The van der Waals surface area contributed by atoms with E-state index in [2.05, 4.69) is 32.1 Å². The molecule has 0 aliphatic heterocycles. The molecule has 4 aliphatic rings. The predicted molar refractivity (Wildman–Crippen MR) is 64.6 cm³/mol. The Morgan fingerprint density at radius 1 is 1.33 bits per heavy atom. The van der Waals surface area contributed by atoms with Crippen molar-refractivity contribution in [3.8, 4) is 0 Å². The summed E-state index contributed by atoms with van der Waals surface area (Å²) < 4.78 is 0. The fraction of sp³-hybridized carbons (Fsp3) is 0.733. The monoisotopic (exact) mass is 202 g/mol. The molecular weight excluding hydrogens is 180 g/mol. The Morgan fingerprint density at radius 2 is 2.20 bits per heavy atom. The van der Waals surface area contributed by atoms with E-state index >= 15 is 0 Å². The van der Waals surface area contributed by atoms with Gasteiger partial charge in [-0.25, -0.2) is 0 Å². The lowest BCUT2D eigenvalue weighted by Gasteiger charge is -2.60. The van der Waals surface area contributed by atoms with E-state index in [0.717, 1.165) is 17.8 Å². The minimum atomic E-state index is 0.659. The van der Waals surface area contributed by atoms with Crippen LogP contribution < -0.4 is 0 Å². The average Bonchev–Trinajstić information content (AvgIpc) is 2.70. The molecular formula is C15H22. The van der Waals surface area contributed by atoms with Gasteiger partial charge in [0.15, 0.2) is 0 Å². The molecule has 3 fully saturated rings. The standard InChI is InChI=1S/C15H22/c1-15(2)13-8-7-12(14(15)10-13)9-11-5-3-4-6-11/h3,5-6,12-14H,4,7-10H2,1-2H3/t12?,13-,14-/m0/s1. The van der Waals surface area contributed by atoms with Crippen molar-refractivity contribution in [2.75, 3.05) is 0 Å². The zero-order valence-corrected chi connectivity index (χ0v) is 10.00. The molecule has 4 aliphatic carbocycles. The van der Waals surface area contributed by atoms with Crippen molar-refractivity contribution < 1.29 is 0 Å². The first-order chi connectivity index (χ1) is 7.18. The molecule has 0 heteroatoms. The van der Waals surface area contributed by atoms with Crippen LogP contribution in [0.1, 0.15) is 46.0 Å². The molecule has 0 radical (unpaired) electrons. The normalized spacial score (nSPS) is 41.2. The maximum absolute atomic E-state index is 2.50. The fourth-order valence-corrected chi connectivity index (χ4v) is 4.17. The van der Waals surface area contributed by atoms with Crippen LogP contribution in [0.25, 0.3) is 0 Å². The Labute approximate surface area is 93.5 Å². The van der Waals surface area contributed by atoms with Gasteiger partial charge in [-0.05, 0) is 55.3 Å². The third-order valence-electron chi connectivity index (χ3n) is 5.35. The van der Waals surface area contributed by atoms with Crippen molar-refractivity contribution in [1.29, 1.82) is 0 Å². The summed E-state index contributed by atoms with van der Waals surface area (Å²) >= 11 is 0. The average molecular weight is 202 g/mol. The lowest BCUT2D eigenvalue weighted by atomic mass is 9.45. The summed E-state index contributed by atoms with van der Waals surface area (Å²) in [5.41, 5.74) is 2.27. The molecule has 0 heterocycles. The molecule has 1 unspecified atom stereocenters. The van der Waals surface area contributed by atoms with Gasteiger partial charge >= 0.3 is 0 Å². The molecule has 0 nitrogen and oxygen atoms in total. The topological polar surface area (TPSA) is 0 Å². The van der Waals surface area contributed by atoms with Gasteiger partial charge in [0.25, 0.3) is 0 Å². The molecule has 82 valence electrons. The first-order valence-electron chi connectivity index (χ1n) is 6.53. The second kappa shape index (κ2) is 3.23. The summed E-state index contributed by atoms with van der Waals surface area (Å²) in [6.45, 7) is 4.99. The number of hydrogen-bond acceptors (Lipinski definition) is 0. The first kappa shape index (κ1) is 9.69. The van der Waals surface area contributed by atoms with E-state index in [1.165, 1.54) is 32.1 Å². The van der Waals surface area contributed by atoms with Gasteiger partial charge in [-0.1, -0.05) is 37.6 Å². The molecule has 0 N–H and O–H groups in total. The van der Waals surface area contributed by atoms with Crippen LogP contribution in [-0.4, -0.2) is 0 Å². The summed E-state index contributed by atoms with van der Waals surface area (Å²) in [6.07, 6.45) is 14.1. The van der Waals surface area contributed by atoms with E-state index < -0.39 is 0 Å². The summed E-state index contributed by atoms with van der Waals surface area (Å²) in [5, 5.41) is 0.